The Morgan fingerprint density at radius 3 is 2.54 bits per heavy atom. The van der Waals surface area contributed by atoms with Crippen molar-refractivity contribution in [2.45, 2.75) is 33.4 Å². The van der Waals surface area contributed by atoms with E-state index in [-0.39, 0.29) is 6.10 Å². The molecule has 26 heavy (non-hydrogen) atoms. The van der Waals surface area contributed by atoms with Crippen LogP contribution in [-0.4, -0.2) is 54.3 Å². The SMILES string of the molecule is COc1cc(C)nc(N2CCN(Cc3cccc(OC(C)C)c3)CC2)n1. The molecule has 0 saturated carbocycles. The van der Waals surface area contributed by atoms with Gasteiger partial charge in [-0.15, -0.1) is 0 Å². The number of methoxy groups -OCH3 is 1. The lowest BCUT2D eigenvalue weighted by molar-refractivity contribution is 0.237. The molecular weight excluding hydrogens is 328 g/mol. The average molecular weight is 356 g/mol. The van der Waals surface area contributed by atoms with Crippen LogP contribution in [0.1, 0.15) is 25.1 Å². The minimum absolute atomic E-state index is 0.195. The van der Waals surface area contributed by atoms with Crippen molar-refractivity contribution in [3.63, 3.8) is 0 Å². The van der Waals surface area contributed by atoms with Crippen molar-refractivity contribution in [1.82, 2.24) is 14.9 Å². The molecule has 0 spiro atoms. The summed E-state index contributed by atoms with van der Waals surface area (Å²) in [5.41, 5.74) is 2.21. The van der Waals surface area contributed by atoms with Crippen LogP contribution >= 0.6 is 0 Å². The lowest BCUT2D eigenvalue weighted by atomic mass is 10.2. The van der Waals surface area contributed by atoms with Crippen molar-refractivity contribution in [3.05, 3.63) is 41.6 Å². The summed E-state index contributed by atoms with van der Waals surface area (Å²) in [6.07, 6.45) is 0.195. The number of rotatable bonds is 6. The predicted molar refractivity (Wildman–Crippen MR) is 103 cm³/mol. The van der Waals surface area contributed by atoms with Crippen LogP contribution in [0.4, 0.5) is 5.95 Å². The zero-order valence-corrected chi connectivity index (χ0v) is 16.1. The summed E-state index contributed by atoms with van der Waals surface area (Å²) in [6, 6.07) is 10.2. The van der Waals surface area contributed by atoms with Crippen molar-refractivity contribution < 1.29 is 9.47 Å². The molecule has 6 nitrogen and oxygen atoms in total. The van der Waals surface area contributed by atoms with Crippen molar-refractivity contribution in [3.8, 4) is 11.6 Å². The van der Waals surface area contributed by atoms with E-state index < -0.39 is 0 Å². The Kier molecular flexibility index (Phi) is 5.93. The maximum absolute atomic E-state index is 5.80. The average Bonchev–Trinajstić information content (AvgIpc) is 2.61. The Hall–Kier alpha value is -2.34. The highest BCUT2D eigenvalue weighted by atomic mass is 16.5. The molecule has 6 heteroatoms. The van der Waals surface area contributed by atoms with E-state index in [1.165, 1.54) is 5.56 Å². The second-order valence-corrected chi connectivity index (χ2v) is 6.93. The van der Waals surface area contributed by atoms with E-state index in [0.717, 1.165) is 50.1 Å². The summed E-state index contributed by atoms with van der Waals surface area (Å²) >= 11 is 0. The normalized spacial score (nSPS) is 15.3. The van der Waals surface area contributed by atoms with Gasteiger partial charge in [0.15, 0.2) is 0 Å². The molecule has 1 fully saturated rings. The number of aromatic nitrogens is 2. The molecule has 0 radical (unpaired) electrons. The van der Waals surface area contributed by atoms with E-state index in [2.05, 4.69) is 38.0 Å². The fourth-order valence-corrected chi connectivity index (χ4v) is 3.12. The zero-order chi connectivity index (χ0) is 18.5. The molecule has 0 bridgehead atoms. The third-order valence-electron chi connectivity index (χ3n) is 4.36. The van der Waals surface area contributed by atoms with Gasteiger partial charge in [0.25, 0.3) is 0 Å². The quantitative estimate of drug-likeness (QED) is 0.793. The number of hydrogen-bond acceptors (Lipinski definition) is 6. The first kappa shape index (κ1) is 18.5. The van der Waals surface area contributed by atoms with Crippen LogP contribution < -0.4 is 14.4 Å². The van der Waals surface area contributed by atoms with E-state index in [1.807, 2.05) is 32.9 Å². The van der Waals surface area contributed by atoms with Gasteiger partial charge >= 0.3 is 0 Å². The first-order chi connectivity index (χ1) is 12.5. The molecule has 2 heterocycles. The summed E-state index contributed by atoms with van der Waals surface area (Å²) in [5.74, 6) is 2.32. The molecule has 2 aromatic rings. The highest BCUT2D eigenvalue weighted by Crippen LogP contribution is 2.19. The maximum Gasteiger partial charge on any atom is 0.228 e. The van der Waals surface area contributed by atoms with Gasteiger partial charge in [0, 0.05) is 44.5 Å². The van der Waals surface area contributed by atoms with Gasteiger partial charge in [-0.1, -0.05) is 12.1 Å². The largest absolute Gasteiger partial charge is 0.491 e. The summed E-state index contributed by atoms with van der Waals surface area (Å²) in [7, 11) is 1.64. The van der Waals surface area contributed by atoms with Crippen molar-refractivity contribution in [1.29, 1.82) is 0 Å². The lowest BCUT2D eigenvalue weighted by Gasteiger charge is -2.34. The molecule has 0 N–H and O–H groups in total. The fourth-order valence-electron chi connectivity index (χ4n) is 3.12. The van der Waals surface area contributed by atoms with Crippen LogP contribution in [0.25, 0.3) is 0 Å². The van der Waals surface area contributed by atoms with Crippen LogP contribution in [-0.2, 0) is 6.54 Å². The molecule has 0 atom stereocenters. The van der Waals surface area contributed by atoms with Crippen molar-refractivity contribution in [2.24, 2.45) is 0 Å². The number of piperazine rings is 1. The molecule has 1 aromatic heterocycles. The van der Waals surface area contributed by atoms with Gasteiger partial charge in [-0.05, 0) is 38.5 Å². The zero-order valence-electron chi connectivity index (χ0n) is 16.1. The second kappa shape index (κ2) is 8.36. The predicted octanol–water partition coefficient (Wildman–Crippen LogP) is 2.90. The van der Waals surface area contributed by atoms with Gasteiger partial charge in [0.05, 0.1) is 13.2 Å². The topological polar surface area (TPSA) is 50.7 Å². The molecule has 0 amide bonds. The van der Waals surface area contributed by atoms with Gasteiger partial charge in [-0.25, -0.2) is 4.98 Å². The molecule has 1 aromatic carbocycles. The van der Waals surface area contributed by atoms with E-state index in [4.69, 9.17) is 9.47 Å². The highest BCUT2D eigenvalue weighted by Gasteiger charge is 2.20. The Balaban J connectivity index is 1.58. The van der Waals surface area contributed by atoms with Gasteiger partial charge in [-0.3, -0.25) is 4.90 Å². The summed E-state index contributed by atoms with van der Waals surface area (Å²) < 4.78 is 11.1. The van der Waals surface area contributed by atoms with Crippen LogP contribution in [0.5, 0.6) is 11.6 Å². The Labute approximate surface area is 155 Å². The third kappa shape index (κ3) is 4.85. The van der Waals surface area contributed by atoms with Crippen molar-refractivity contribution in [2.75, 3.05) is 38.2 Å². The number of hydrogen-bond donors (Lipinski definition) is 0. The minimum Gasteiger partial charge on any atom is -0.491 e. The lowest BCUT2D eigenvalue weighted by Crippen LogP contribution is -2.46. The van der Waals surface area contributed by atoms with Crippen molar-refractivity contribution >= 4 is 5.95 Å². The Morgan fingerprint density at radius 1 is 1.08 bits per heavy atom. The van der Waals surface area contributed by atoms with Gasteiger partial charge in [0.2, 0.25) is 11.8 Å². The van der Waals surface area contributed by atoms with Gasteiger partial charge in [0.1, 0.15) is 5.75 Å². The number of nitrogens with zero attached hydrogens (tertiary/aromatic N) is 4. The Bertz CT molecular complexity index is 728. The van der Waals surface area contributed by atoms with Crippen LogP contribution in [0.15, 0.2) is 30.3 Å². The molecule has 0 aliphatic carbocycles. The second-order valence-electron chi connectivity index (χ2n) is 6.93. The van der Waals surface area contributed by atoms with Gasteiger partial charge in [-0.2, -0.15) is 4.98 Å². The number of aryl methyl sites for hydroxylation is 1. The van der Waals surface area contributed by atoms with E-state index in [0.29, 0.717) is 5.88 Å². The van der Waals surface area contributed by atoms with Crippen LogP contribution in [0.3, 0.4) is 0 Å². The molecule has 1 aliphatic heterocycles. The van der Waals surface area contributed by atoms with E-state index in [9.17, 15) is 0 Å². The first-order valence-corrected chi connectivity index (χ1v) is 9.16. The molecule has 140 valence electrons. The smallest absolute Gasteiger partial charge is 0.228 e. The minimum atomic E-state index is 0.195. The monoisotopic (exact) mass is 356 g/mol. The van der Waals surface area contributed by atoms with Crippen LogP contribution in [0.2, 0.25) is 0 Å². The maximum atomic E-state index is 5.80. The van der Waals surface area contributed by atoms with E-state index in [1.54, 1.807) is 7.11 Å². The summed E-state index contributed by atoms with van der Waals surface area (Å²) in [6.45, 7) is 10.8. The standard InChI is InChI=1S/C20H28N4O2/c1-15(2)26-18-7-5-6-17(13-18)14-23-8-10-24(11-9-23)20-21-16(3)12-19(22-20)25-4/h5-7,12-13,15H,8-11,14H2,1-4H3. The first-order valence-electron chi connectivity index (χ1n) is 9.16. The number of anilines is 1. The molecule has 1 saturated heterocycles. The molecule has 3 rings (SSSR count). The summed E-state index contributed by atoms with van der Waals surface area (Å²) in [5, 5.41) is 0. The summed E-state index contributed by atoms with van der Waals surface area (Å²) in [4.78, 5) is 13.7. The highest BCUT2D eigenvalue weighted by molar-refractivity contribution is 5.35. The van der Waals surface area contributed by atoms with Crippen LogP contribution in [0, 0.1) is 6.92 Å². The molecule has 1 aliphatic rings. The fraction of sp³-hybridized carbons (Fsp3) is 0.500. The molecular formula is C20H28N4O2. The molecule has 0 unspecified atom stereocenters. The van der Waals surface area contributed by atoms with E-state index >= 15 is 0 Å². The van der Waals surface area contributed by atoms with Gasteiger partial charge < -0.3 is 14.4 Å². The third-order valence-corrected chi connectivity index (χ3v) is 4.36. The number of ether oxygens (including phenoxy) is 2. The number of benzene rings is 1. The Morgan fingerprint density at radius 2 is 1.85 bits per heavy atom.